The molecule has 88 valence electrons. The van der Waals surface area contributed by atoms with E-state index in [1.165, 1.54) is 0 Å². The Hall–Kier alpha value is -0.230. The third kappa shape index (κ3) is 4.88. The van der Waals surface area contributed by atoms with Crippen molar-refractivity contribution in [2.45, 2.75) is 18.9 Å². The molecule has 0 aromatic heterocycles. The predicted octanol–water partition coefficient (Wildman–Crippen LogP) is 2.15. The van der Waals surface area contributed by atoms with E-state index in [0.29, 0.717) is 26.1 Å². The van der Waals surface area contributed by atoms with Crippen LogP contribution in [0.15, 0.2) is 0 Å². The average Bonchev–Trinajstić information content (AvgIpc) is 2.09. The van der Waals surface area contributed by atoms with Crippen molar-refractivity contribution in [3.8, 4) is 0 Å². The predicted molar refractivity (Wildman–Crippen MR) is 53.7 cm³/mol. The number of halogens is 3. The van der Waals surface area contributed by atoms with Crippen LogP contribution in [-0.2, 0) is 4.79 Å². The molecule has 1 unspecified atom stereocenters. The highest BCUT2D eigenvalue weighted by Gasteiger charge is 2.29. The minimum Gasteiger partial charge on any atom is -0.301 e. The number of alkyl halides is 3. The third-order valence-corrected chi connectivity index (χ3v) is 3.14. The first kappa shape index (κ1) is 12.8. The van der Waals surface area contributed by atoms with Gasteiger partial charge in [-0.2, -0.15) is 13.2 Å². The highest BCUT2D eigenvalue weighted by atomic mass is 32.2. The van der Waals surface area contributed by atoms with Gasteiger partial charge in [-0.1, -0.05) is 6.92 Å². The molecular weight excluding hydrogens is 227 g/mol. The standard InChI is InChI=1S/C9H14F3NOS/c1-7-6-13(3-2-8(7)14)4-5-15-9(10,11)12/h7H,2-6H2,1H3. The van der Waals surface area contributed by atoms with Gasteiger partial charge in [-0.05, 0) is 11.8 Å². The Kier molecular flexibility index (Phi) is 4.45. The summed E-state index contributed by atoms with van der Waals surface area (Å²) in [5, 5.41) is 0. The van der Waals surface area contributed by atoms with E-state index in [0.717, 1.165) is 0 Å². The maximum absolute atomic E-state index is 11.8. The molecule has 1 saturated heterocycles. The van der Waals surface area contributed by atoms with Crippen molar-refractivity contribution in [3.63, 3.8) is 0 Å². The van der Waals surface area contributed by atoms with Crippen LogP contribution in [0.5, 0.6) is 0 Å². The van der Waals surface area contributed by atoms with E-state index < -0.39 is 5.51 Å². The molecule has 0 aliphatic carbocycles. The van der Waals surface area contributed by atoms with Gasteiger partial charge in [0.15, 0.2) is 0 Å². The van der Waals surface area contributed by atoms with E-state index in [4.69, 9.17) is 0 Å². The Labute approximate surface area is 91.2 Å². The molecule has 0 bridgehead atoms. The van der Waals surface area contributed by atoms with E-state index in [1.807, 2.05) is 11.8 Å². The molecule has 1 heterocycles. The summed E-state index contributed by atoms with van der Waals surface area (Å²) in [4.78, 5) is 13.1. The molecule has 2 nitrogen and oxygen atoms in total. The molecule has 0 N–H and O–H groups in total. The Balaban J connectivity index is 2.20. The van der Waals surface area contributed by atoms with Crippen molar-refractivity contribution in [3.05, 3.63) is 0 Å². The van der Waals surface area contributed by atoms with E-state index in [-0.39, 0.29) is 29.2 Å². The van der Waals surface area contributed by atoms with Gasteiger partial charge in [0.1, 0.15) is 5.78 Å². The minimum atomic E-state index is -4.14. The van der Waals surface area contributed by atoms with Crippen LogP contribution in [0, 0.1) is 5.92 Å². The van der Waals surface area contributed by atoms with Crippen molar-refractivity contribution in [1.29, 1.82) is 0 Å². The first-order valence-corrected chi connectivity index (χ1v) is 5.83. The number of thioether (sulfide) groups is 1. The molecule has 1 fully saturated rings. The van der Waals surface area contributed by atoms with Crippen LogP contribution >= 0.6 is 11.8 Å². The summed E-state index contributed by atoms with van der Waals surface area (Å²) < 4.78 is 35.5. The largest absolute Gasteiger partial charge is 0.441 e. The van der Waals surface area contributed by atoms with Crippen LogP contribution in [0.25, 0.3) is 0 Å². The fraction of sp³-hybridized carbons (Fsp3) is 0.889. The smallest absolute Gasteiger partial charge is 0.301 e. The van der Waals surface area contributed by atoms with Crippen molar-refractivity contribution in [2.75, 3.05) is 25.4 Å². The van der Waals surface area contributed by atoms with Gasteiger partial charge in [-0.25, -0.2) is 0 Å². The van der Waals surface area contributed by atoms with Gasteiger partial charge in [0.2, 0.25) is 0 Å². The lowest BCUT2D eigenvalue weighted by Gasteiger charge is -2.29. The van der Waals surface area contributed by atoms with E-state index in [2.05, 4.69) is 0 Å². The number of hydrogen-bond acceptors (Lipinski definition) is 3. The second kappa shape index (κ2) is 5.21. The second-order valence-electron chi connectivity index (χ2n) is 3.71. The Morgan fingerprint density at radius 2 is 2.20 bits per heavy atom. The molecule has 0 saturated carbocycles. The number of piperidine rings is 1. The second-order valence-corrected chi connectivity index (χ2v) is 4.87. The molecule has 6 heteroatoms. The molecule has 0 aromatic rings. The number of likely N-dealkylation sites (tertiary alicyclic amines) is 1. The monoisotopic (exact) mass is 241 g/mol. The summed E-state index contributed by atoms with van der Waals surface area (Å²) in [6.07, 6.45) is 0.470. The zero-order valence-corrected chi connectivity index (χ0v) is 9.33. The Bertz CT molecular complexity index is 232. The van der Waals surface area contributed by atoms with Crippen LogP contribution in [0.1, 0.15) is 13.3 Å². The zero-order valence-electron chi connectivity index (χ0n) is 8.51. The normalized spacial score (nSPS) is 24.5. The molecule has 1 aliphatic heterocycles. The molecule has 0 aromatic carbocycles. The lowest BCUT2D eigenvalue weighted by atomic mass is 9.99. The molecule has 0 spiro atoms. The van der Waals surface area contributed by atoms with Crippen LogP contribution in [-0.4, -0.2) is 41.6 Å². The first-order valence-electron chi connectivity index (χ1n) is 4.84. The number of carbonyl (C=O) groups excluding carboxylic acids is 1. The van der Waals surface area contributed by atoms with Gasteiger partial charge in [0.05, 0.1) is 0 Å². The van der Waals surface area contributed by atoms with Crippen LogP contribution < -0.4 is 0 Å². The maximum Gasteiger partial charge on any atom is 0.441 e. The number of nitrogens with zero attached hydrogens (tertiary/aromatic N) is 1. The molecule has 1 aliphatic rings. The lowest BCUT2D eigenvalue weighted by Crippen LogP contribution is -2.40. The van der Waals surface area contributed by atoms with Gasteiger partial charge in [0.25, 0.3) is 0 Å². The van der Waals surface area contributed by atoms with E-state index >= 15 is 0 Å². The maximum atomic E-state index is 11.8. The van der Waals surface area contributed by atoms with Crippen molar-refractivity contribution >= 4 is 17.5 Å². The average molecular weight is 241 g/mol. The zero-order chi connectivity index (χ0) is 11.5. The fourth-order valence-corrected chi connectivity index (χ4v) is 2.17. The third-order valence-electron chi connectivity index (χ3n) is 2.43. The molecule has 15 heavy (non-hydrogen) atoms. The number of carbonyl (C=O) groups is 1. The van der Waals surface area contributed by atoms with Crippen LogP contribution in [0.4, 0.5) is 13.2 Å². The van der Waals surface area contributed by atoms with E-state index in [9.17, 15) is 18.0 Å². The number of hydrogen-bond donors (Lipinski definition) is 0. The molecule has 1 atom stereocenters. The van der Waals surface area contributed by atoms with Gasteiger partial charge >= 0.3 is 5.51 Å². The quantitative estimate of drug-likeness (QED) is 0.755. The van der Waals surface area contributed by atoms with Gasteiger partial charge in [-0.15, -0.1) is 0 Å². The fourth-order valence-electron chi connectivity index (χ4n) is 1.59. The van der Waals surface area contributed by atoms with Gasteiger partial charge < -0.3 is 4.90 Å². The summed E-state index contributed by atoms with van der Waals surface area (Å²) >= 11 is 0.00265. The minimum absolute atomic E-state index is 0.00265. The Morgan fingerprint density at radius 1 is 1.53 bits per heavy atom. The van der Waals surface area contributed by atoms with Crippen molar-refractivity contribution < 1.29 is 18.0 Å². The summed E-state index contributed by atoms with van der Waals surface area (Å²) in [7, 11) is 0. The Morgan fingerprint density at radius 3 is 2.73 bits per heavy atom. The van der Waals surface area contributed by atoms with Gasteiger partial charge in [-0.3, -0.25) is 4.79 Å². The molecule has 0 amide bonds. The molecule has 0 radical (unpaired) electrons. The van der Waals surface area contributed by atoms with Crippen molar-refractivity contribution in [2.24, 2.45) is 5.92 Å². The highest BCUT2D eigenvalue weighted by molar-refractivity contribution is 8.00. The van der Waals surface area contributed by atoms with E-state index in [1.54, 1.807) is 0 Å². The topological polar surface area (TPSA) is 20.3 Å². The SMILES string of the molecule is CC1CN(CCSC(F)(F)F)CCC1=O. The number of rotatable bonds is 3. The summed E-state index contributed by atoms with van der Waals surface area (Å²) in [6.45, 7) is 3.42. The van der Waals surface area contributed by atoms with Crippen LogP contribution in [0.3, 0.4) is 0 Å². The van der Waals surface area contributed by atoms with Crippen LogP contribution in [0.2, 0.25) is 0 Å². The lowest BCUT2D eigenvalue weighted by molar-refractivity contribution is -0.125. The highest BCUT2D eigenvalue weighted by Crippen LogP contribution is 2.30. The number of Topliss-reactive ketones (excluding diaryl/α,β-unsaturated/α-hetero) is 1. The van der Waals surface area contributed by atoms with Gasteiger partial charge in [0, 0.05) is 37.7 Å². The summed E-state index contributed by atoms with van der Waals surface area (Å²) in [5.41, 5.74) is -4.14. The summed E-state index contributed by atoms with van der Waals surface area (Å²) in [5.74, 6) is 0.231. The first-order chi connectivity index (χ1) is 6.88. The molecule has 1 rings (SSSR count). The number of ketones is 1. The summed E-state index contributed by atoms with van der Waals surface area (Å²) in [6, 6.07) is 0. The molecular formula is C9H14F3NOS. The van der Waals surface area contributed by atoms with Crippen molar-refractivity contribution in [1.82, 2.24) is 4.90 Å².